The molecular formula is C21H23N3O5S2. The molecule has 0 unspecified atom stereocenters. The molecule has 4 rings (SSSR count). The first-order valence-corrected chi connectivity index (χ1v) is 12.4. The highest BCUT2D eigenvalue weighted by molar-refractivity contribution is 7.92. The number of hydrogen-bond acceptors (Lipinski definition) is 6. The lowest BCUT2D eigenvalue weighted by Crippen LogP contribution is -2.48. The molecule has 0 spiro atoms. The van der Waals surface area contributed by atoms with E-state index in [1.807, 2.05) is 20.8 Å². The van der Waals surface area contributed by atoms with Crippen LogP contribution in [0.5, 0.6) is 5.75 Å². The molecule has 2 heterocycles. The molecule has 1 N–H and O–H groups in total. The number of aryl methyl sites for hydroxylation is 1. The molecule has 1 amide bonds. The molecule has 0 aliphatic carbocycles. The van der Waals surface area contributed by atoms with Gasteiger partial charge in [-0.15, -0.1) is 0 Å². The van der Waals surface area contributed by atoms with E-state index in [4.69, 9.17) is 4.74 Å². The summed E-state index contributed by atoms with van der Waals surface area (Å²) < 4.78 is 34.1. The lowest BCUT2D eigenvalue weighted by atomic mass is 10.1. The minimum absolute atomic E-state index is 0.0304. The highest BCUT2D eigenvalue weighted by Crippen LogP contribution is 2.36. The number of benzene rings is 2. The van der Waals surface area contributed by atoms with Crippen LogP contribution in [0.25, 0.3) is 10.2 Å². The number of fused-ring (bicyclic) bond motifs is 2. The summed E-state index contributed by atoms with van der Waals surface area (Å²) in [5.41, 5.74) is 2.63. The van der Waals surface area contributed by atoms with Gasteiger partial charge < -0.3 is 10.1 Å². The van der Waals surface area contributed by atoms with Crippen molar-refractivity contribution in [1.29, 1.82) is 0 Å². The van der Waals surface area contributed by atoms with Crippen molar-refractivity contribution in [2.45, 2.75) is 32.9 Å². The Morgan fingerprint density at radius 3 is 2.65 bits per heavy atom. The third-order valence-electron chi connectivity index (χ3n) is 5.07. The summed E-state index contributed by atoms with van der Waals surface area (Å²) in [5, 5.41) is 2.79. The molecule has 1 atom stereocenters. The number of rotatable bonds is 4. The molecule has 3 aromatic rings. The molecule has 0 bridgehead atoms. The standard InChI is InChI=1S/C21H23N3O5S2/c1-12(2)24-16-8-6-14(10-19(16)30-21(24)26)22-20(25)18-11-23(31(4,27)28)15-7-5-13(3)9-17(15)29-18/h5-10,12,18H,11H2,1-4H3,(H,22,25)/t18-/m0/s1. The Morgan fingerprint density at radius 1 is 1.23 bits per heavy atom. The summed E-state index contributed by atoms with van der Waals surface area (Å²) in [4.78, 5) is 25.1. The number of nitrogens with one attached hydrogen (secondary N) is 1. The van der Waals surface area contributed by atoms with E-state index >= 15 is 0 Å². The summed E-state index contributed by atoms with van der Waals surface area (Å²) in [6.45, 7) is 5.62. The maximum absolute atomic E-state index is 12.9. The number of carbonyl (C=O) groups excluding carboxylic acids is 1. The van der Waals surface area contributed by atoms with Gasteiger partial charge in [-0.05, 0) is 56.7 Å². The second-order valence-electron chi connectivity index (χ2n) is 7.88. The van der Waals surface area contributed by atoms with E-state index in [0.717, 1.165) is 33.4 Å². The summed E-state index contributed by atoms with van der Waals surface area (Å²) in [7, 11) is -3.59. The zero-order valence-corrected chi connectivity index (χ0v) is 19.2. The van der Waals surface area contributed by atoms with E-state index in [2.05, 4.69) is 5.32 Å². The first kappa shape index (κ1) is 21.4. The van der Waals surface area contributed by atoms with Gasteiger partial charge >= 0.3 is 4.87 Å². The molecular weight excluding hydrogens is 438 g/mol. The van der Waals surface area contributed by atoms with Crippen molar-refractivity contribution in [3.05, 3.63) is 51.6 Å². The Balaban J connectivity index is 1.62. The van der Waals surface area contributed by atoms with Crippen molar-refractivity contribution < 1.29 is 17.9 Å². The van der Waals surface area contributed by atoms with Crippen molar-refractivity contribution in [3.63, 3.8) is 0 Å². The van der Waals surface area contributed by atoms with Crippen LogP contribution in [0, 0.1) is 6.92 Å². The smallest absolute Gasteiger partial charge is 0.308 e. The van der Waals surface area contributed by atoms with E-state index in [-0.39, 0.29) is 17.5 Å². The van der Waals surface area contributed by atoms with Crippen molar-refractivity contribution in [1.82, 2.24) is 4.57 Å². The molecule has 8 nitrogen and oxygen atoms in total. The fraction of sp³-hybridized carbons (Fsp3) is 0.333. The number of carbonyl (C=O) groups is 1. The minimum atomic E-state index is -3.59. The van der Waals surface area contributed by atoms with Crippen LogP contribution in [-0.4, -0.2) is 37.8 Å². The largest absolute Gasteiger partial charge is 0.476 e. The lowest BCUT2D eigenvalue weighted by Gasteiger charge is -2.34. The first-order valence-electron chi connectivity index (χ1n) is 9.75. The van der Waals surface area contributed by atoms with E-state index in [0.29, 0.717) is 17.1 Å². The summed E-state index contributed by atoms with van der Waals surface area (Å²) in [5.74, 6) is -0.115. The Labute approximate surface area is 184 Å². The molecule has 31 heavy (non-hydrogen) atoms. The minimum Gasteiger partial charge on any atom is -0.476 e. The van der Waals surface area contributed by atoms with Gasteiger partial charge in [-0.3, -0.25) is 18.5 Å². The number of amides is 1. The number of sulfonamides is 1. The molecule has 164 valence electrons. The zero-order valence-electron chi connectivity index (χ0n) is 17.6. The van der Waals surface area contributed by atoms with Gasteiger partial charge in [0.15, 0.2) is 6.10 Å². The predicted octanol–water partition coefficient (Wildman–Crippen LogP) is 3.12. The van der Waals surface area contributed by atoms with Crippen LogP contribution >= 0.6 is 11.3 Å². The van der Waals surface area contributed by atoms with Gasteiger partial charge in [0.05, 0.1) is 28.7 Å². The Kier molecular flexibility index (Phi) is 5.30. The summed E-state index contributed by atoms with van der Waals surface area (Å²) >= 11 is 1.12. The number of nitrogens with zero attached hydrogens (tertiary/aromatic N) is 2. The Hall–Kier alpha value is -2.85. The van der Waals surface area contributed by atoms with Gasteiger partial charge in [0.25, 0.3) is 5.91 Å². The van der Waals surface area contributed by atoms with Gasteiger partial charge in [-0.25, -0.2) is 8.42 Å². The first-order chi connectivity index (χ1) is 14.5. The molecule has 0 saturated heterocycles. The van der Waals surface area contributed by atoms with Gasteiger partial charge in [-0.1, -0.05) is 17.4 Å². The highest BCUT2D eigenvalue weighted by Gasteiger charge is 2.35. The fourth-order valence-electron chi connectivity index (χ4n) is 3.64. The average Bonchev–Trinajstić information content (AvgIpc) is 3.01. The Morgan fingerprint density at radius 2 is 1.97 bits per heavy atom. The van der Waals surface area contributed by atoms with Gasteiger partial charge in [-0.2, -0.15) is 0 Å². The molecule has 0 fully saturated rings. The van der Waals surface area contributed by atoms with Crippen LogP contribution in [0.2, 0.25) is 0 Å². The third kappa shape index (κ3) is 4.05. The van der Waals surface area contributed by atoms with E-state index in [1.54, 1.807) is 41.0 Å². The van der Waals surface area contributed by atoms with Crippen molar-refractivity contribution in [2.75, 3.05) is 22.4 Å². The van der Waals surface area contributed by atoms with Crippen LogP contribution in [-0.2, 0) is 14.8 Å². The third-order valence-corrected chi connectivity index (χ3v) is 7.14. The van der Waals surface area contributed by atoms with Gasteiger partial charge in [0.2, 0.25) is 10.0 Å². The monoisotopic (exact) mass is 461 g/mol. The summed E-state index contributed by atoms with van der Waals surface area (Å²) in [6, 6.07) is 10.5. The quantitative estimate of drug-likeness (QED) is 0.644. The fourth-order valence-corrected chi connectivity index (χ4v) is 5.60. The topological polar surface area (TPSA) is 97.7 Å². The van der Waals surface area contributed by atoms with Crippen molar-refractivity contribution >= 4 is 48.9 Å². The van der Waals surface area contributed by atoms with Gasteiger partial charge in [0.1, 0.15) is 5.75 Å². The van der Waals surface area contributed by atoms with E-state index in [9.17, 15) is 18.0 Å². The number of hydrogen-bond donors (Lipinski definition) is 1. The summed E-state index contributed by atoms with van der Waals surface area (Å²) in [6.07, 6.45) is 0.0882. The van der Waals surface area contributed by atoms with E-state index < -0.39 is 22.0 Å². The normalized spacial score (nSPS) is 16.3. The number of ether oxygens (including phenoxy) is 1. The lowest BCUT2D eigenvalue weighted by molar-refractivity contribution is -0.122. The predicted molar refractivity (Wildman–Crippen MR) is 123 cm³/mol. The maximum Gasteiger partial charge on any atom is 0.308 e. The van der Waals surface area contributed by atoms with Crippen LogP contribution < -0.4 is 19.2 Å². The second kappa shape index (κ2) is 7.69. The number of aromatic nitrogens is 1. The molecule has 0 radical (unpaired) electrons. The zero-order chi connectivity index (χ0) is 22.5. The second-order valence-corrected chi connectivity index (χ2v) is 10.8. The molecule has 1 aliphatic heterocycles. The molecule has 10 heteroatoms. The van der Waals surface area contributed by atoms with E-state index in [1.165, 1.54) is 4.31 Å². The number of thiazole rings is 1. The van der Waals surface area contributed by atoms with Crippen LogP contribution in [0.3, 0.4) is 0 Å². The molecule has 1 aliphatic rings. The molecule has 1 aromatic heterocycles. The van der Waals surface area contributed by atoms with Gasteiger partial charge in [0, 0.05) is 11.7 Å². The van der Waals surface area contributed by atoms with Crippen LogP contribution in [0.1, 0.15) is 25.5 Å². The highest BCUT2D eigenvalue weighted by atomic mass is 32.2. The maximum atomic E-state index is 12.9. The average molecular weight is 462 g/mol. The molecule has 2 aromatic carbocycles. The van der Waals surface area contributed by atoms with Crippen LogP contribution in [0.15, 0.2) is 41.2 Å². The number of anilines is 2. The SMILES string of the molecule is Cc1ccc2c(c1)O[C@H](C(=O)Nc1ccc3c(c1)sc(=O)n3C(C)C)CN2S(C)(=O)=O. The van der Waals surface area contributed by atoms with Crippen molar-refractivity contribution in [3.8, 4) is 5.75 Å². The van der Waals surface area contributed by atoms with Crippen LogP contribution in [0.4, 0.5) is 11.4 Å². The Bertz CT molecular complexity index is 1340. The molecule has 0 saturated carbocycles. The van der Waals surface area contributed by atoms with Crippen molar-refractivity contribution in [2.24, 2.45) is 0 Å².